The molecule has 2 aliphatic heterocycles. The third-order valence-corrected chi connectivity index (χ3v) is 4.20. The Balaban J connectivity index is 1.86. The summed E-state index contributed by atoms with van der Waals surface area (Å²) in [5.41, 5.74) is 1.66. The summed E-state index contributed by atoms with van der Waals surface area (Å²) in [6, 6.07) is 5.49. The molecule has 0 spiro atoms. The summed E-state index contributed by atoms with van der Waals surface area (Å²) < 4.78 is 5.55. The molecule has 3 nitrogen and oxygen atoms in total. The Bertz CT molecular complexity index is 481. The number of hydrogen-bond donors (Lipinski definition) is 0. The molecule has 1 unspecified atom stereocenters. The quantitative estimate of drug-likeness (QED) is 0.732. The molecule has 1 atom stereocenters. The highest BCUT2D eigenvalue weighted by Crippen LogP contribution is 2.40. The summed E-state index contributed by atoms with van der Waals surface area (Å²) >= 11 is 5.93. The van der Waals surface area contributed by atoms with Gasteiger partial charge in [0.2, 0.25) is 0 Å². The zero-order chi connectivity index (χ0) is 12.7. The fraction of sp³-hybridized carbons (Fsp3) is 0.500. The number of likely N-dealkylation sites (tertiary alicyclic amines) is 1. The van der Waals surface area contributed by atoms with Crippen LogP contribution in [-0.4, -0.2) is 31.0 Å². The van der Waals surface area contributed by atoms with Crippen LogP contribution in [0.1, 0.15) is 34.9 Å². The second-order valence-corrected chi connectivity index (χ2v) is 5.63. The molecule has 1 aromatic rings. The van der Waals surface area contributed by atoms with E-state index < -0.39 is 0 Å². The first-order valence-electron chi connectivity index (χ1n) is 6.34. The highest BCUT2D eigenvalue weighted by atomic mass is 35.5. The number of carbonyl (C=O) groups is 1. The molecular weight excluding hydrogens is 250 g/mol. The van der Waals surface area contributed by atoms with Gasteiger partial charge in [0.25, 0.3) is 0 Å². The Morgan fingerprint density at radius 1 is 1.33 bits per heavy atom. The van der Waals surface area contributed by atoms with Gasteiger partial charge in [0.05, 0.1) is 5.56 Å². The van der Waals surface area contributed by atoms with Gasteiger partial charge in [-0.15, -0.1) is 0 Å². The first-order chi connectivity index (χ1) is 8.65. The topological polar surface area (TPSA) is 29.5 Å². The van der Waals surface area contributed by atoms with Crippen LogP contribution in [-0.2, 0) is 4.74 Å². The monoisotopic (exact) mass is 265 g/mol. The fourth-order valence-electron chi connectivity index (χ4n) is 2.88. The molecule has 0 N–H and O–H groups in total. The average Bonchev–Trinajstić information content (AvgIpc) is 2.68. The molecule has 18 heavy (non-hydrogen) atoms. The molecule has 3 rings (SSSR count). The van der Waals surface area contributed by atoms with Gasteiger partial charge in [0.1, 0.15) is 6.10 Å². The Labute approximate surface area is 112 Å². The van der Waals surface area contributed by atoms with Crippen molar-refractivity contribution in [1.82, 2.24) is 4.90 Å². The number of rotatable bonds is 1. The summed E-state index contributed by atoms with van der Waals surface area (Å²) in [6.45, 7) is 2.14. The van der Waals surface area contributed by atoms with Crippen LogP contribution in [0.3, 0.4) is 0 Å². The van der Waals surface area contributed by atoms with E-state index in [1.807, 2.05) is 12.1 Å². The highest BCUT2D eigenvalue weighted by Gasteiger charge is 2.37. The molecule has 2 heterocycles. The second kappa shape index (κ2) is 4.56. The third-order valence-electron chi connectivity index (χ3n) is 3.97. The van der Waals surface area contributed by atoms with E-state index in [4.69, 9.17) is 16.3 Å². The lowest BCUT2D eigenvalue weighted by Gasteiger charge is -2.32. The number of hydrogen-bond acceptors (Lipinski definition) is 3. The van der Waals surface area contributed by atoms with Gasteiger partial charge in [-0.2, -0.15) is 0 Å². The number of halogens is 1. The van der Waals surface area contributed by atoms with Gasteiger partial charge < -0.3 is 9.64 Å². The smallest absolute Gasteiger partial charge is 0.339 e. The van der Waals surface area contributed by atoms with Crippen molar-refractivity contribution in [2.45, 2.75) is 18.9 Å². The maximum absolute atomic E-state index is 11.8. The molecule has 4 heteroatoms. The van der Waals surface area contributed by atoms with Gasteiger partial charge in [0, 0.05) is 16.5 Å². The molecular formula is C14H16ClNO2. The number of piperidine rings is 1. The Morgan fingerprint density at radius 3 is 2.78 bits per heavy atom. The van der Waals surface area contributed by atoms with E-state index in [2.05, 4.69) is 11.9 Å². The molecule has 96 valence electrons. The minimum Gasteiger partial charge on any atom is -0.454 e. The fourth-order valence-corrected chi connectivity index (χ4v) is 3.05. The summed E-state index contributed by atoms with van der Waals surface area (Å²) in [6.07, 6.45) is 2.09. The minimum absolute atomic E-state index is 0.0709. The van der Waals surface area contributed by atoms with Crippen molar-refractivity contribution in [3.8, 4) is 0 Å². The standard InChI is InChI=1S/C14H16ClNO2/c1-16-6-4-9(5-7-16)13-11-3-2-10(15)8-12(11)14(17)18-13/h2-3,8-9,13H,4-7H2,1H3. The predicted octanol–water partition coefficient (Wildman–Crippen LogP) is 2.89. The van der Waals surface area contributed by atoms with E-state index in [0.717, 1.165) is 31.5 Å². The lowest BCUT2D eigenvalue weighted by Crippen LogP contribution is -2.32. The van der Waals surface area contributed by atoms with E-state index >= 15 is 0 Å². The maximum atomic E-state index is 11.8. The number of esters is 1. The largest absolute Gasteiger partial charge is 0.454 e. The highest BCUT2D eigenvalue weighted by molar-refractivity contribution is 6.31. The molecule has 1 aromatic carbocycles. The van der Waals surface area contributed by atoms with Crippen LogP contribution in [0.5, 0.6) is 0 Å². The number of cyclic esters (lactones) is 1. The summed E-state index contributed by atoms with van der Waals surface area (Å²) in [5, 5.41) is 0.592. The molecule has 0 aliphatic carbocycles. The van der Waals surface area contributed by atoms with Crippen LogP contribution >= 0.6 is 11.6 Å². The first kappa shape index (κ1) is 12.0. The molecule has 1 saturated heterocycles. The molecule has 0 amide bonds. The molecule has 2 aliphatic rings. The molecule has 0 radical (unpaired) electrons. The van der Waals surface area contributed by atoms with Crippen molar-refractivity contribution in [2.24, 2.45) is 5.92 Å². The predicted molar refractivity (Wildman–Crippen MR) is 69.8 cm³/mol. The third kappa shape index (κ3) is 2.02. The Kier molecular flexibility index (Phi) is 3.04. The van der Waals surface area contributed by atoms with Crippen LogP contribution in [0, 0.1) is 5.92 Å². The Morgan fingerprint density at radius 2 is 2.06 bits per heavy atom. The van der Waals surface area contributed by atoms with Gasteiger partial charge in [-0.3, -0.25) is 0 Å². The van der Waals surface area contributed by atoms with Crippen molar-refractivity contribution in [1.29, 1.82) is 0 Å². The molecule has 0 aromatic heterocycles. The molecule has 1 fully saturated rings. The Hall–Kier alpha value is -1.06. The van der Waals surface area contributed by atoms with Crippen molar-refractivity contribution in [3.05, 3.63) is 34.3 Å². The van der Waals surface area contributed by atoms with Gasteiger partial charge >= 0.3 is 5.97 Å². The normalized spacial score (nSPS) is 25.0. The number of fused-ring (bicyclic) bond motifs is 1. The molecule has 0 saturated carbocycles. The zero-order valence-electron chi connectivity index (χ0n) is 10.4. The number of benzene rings is 1. The van der Waals surface area contributed by atoms with Gasteiger partial charge in [-0.05, 0) is 45.1 Å². The zero-order valence-corrected chi connectivity index (χ0v) is 11.1. The van der Waals surface area contributed by atoms with Crippen molar-refractivity contribution in [3.63, 3.8) is 0 Å². The van der Waals surface area contributed by atoms with E-state index in [9.17, 15) is 4.79 Å². The van der Waals surface area contributed by atoms with Gasteiger partial charge in [-0.1, -0.05) is 17.7 Å². The second-order valence-electron chi connectivity index (χ2n) is 5.20. The molecule has 0 bridgehead atoms. The minimum atomic E-state index is -0.226. The SMILES string of the molecule is CN1CCC(C2OC(=O)c3cc(Cl)ccc32)CC1. The lowest BCUT2D eigenvalue weighted by molar-refractivity contribution is 0.0130. The van der Waals surface area contributed by atoms with Gasteiger partial charge in [-0.25, -0.2) is 4.79 Å². The summed E-state index contributed by atoms with van der Waals surface area (Å²) in [5.74, 6) is 0.212. The van der Waals surface area contributed by atoms with E-state index in [1.165, 1.54) is 0 Å². The van der Waals surface area contributed by atoms with E-state index in [0.29, 0.717) is 16.5 Å². The summed E-state index contributed by atoms with van der Waals surface area (Å²) in [7, 11) is 2.13. The number of nitrogens with zero attached hydrogens (tertiary/aromatic N) is 1. The van der Waals surface area contributed by atoms with Crippen LogP contribution < -0.4 is 0 Å². The lowest BCUT2D eigenvalue weighted by atomic mass is 9.87. The first-order valence-corrected chi connectivity index (χ1v) is 6.72. The van der Waals surface area contributed by atoms with Crippen molar-refractivity contribution in [2.75, 3.05) is 20.1 Å². The van der Waals surface area contributed by atoms with E-state index in [-0.39, 0.29) is 12.1 Å². The van der Waals surface area contributed by atoms with Crippen molar-refractivity contribution >= 4 is 17.6 Å². The van der Waals surface area contributed by atoms with E-state index in [1.54, 1.807) is 6.07 Å². The maximum Gasteiger partial charge on any atom is 0.339 e. The van der Waals surface area contributed by atoms with Gasteiger partial charge in [0.15, 0.2) is 0 Å². The van der Waals surface area contributed by atoms with Crippen molar-refractivity contribution < 1.29 is 9.53 Å². The van der Waals surface area contributed by atoms with Crippen LogP contribution in [0.4, 0.5) is 0 Å². The number of carbonyl (C=O) groups excluding carboxylic acids is 1. The van der Waals surface area contributed by atoms with Crippen LogP contribution in [0.2, 0.25) is 5.02 Å². The van der Waals surface area contributed by atoms with Crippen LogP contribution in [0.25, 0.3) is 0 Å². The number of ether oxygens (including phenoxy) is 1. The summed E-state index contributed by atoms with van der Waals surface area (Å²) in [4.78, 5) is 14.2. The average molecular weight is 266 g/mol. The van der Waals surface area contributed by atoms with Crippen LogP contribution in [0.15, 0.2) is 18.2 Å².